The normalized spacial score (nSPS) is 11.5. The maximum atomic E-state index is 12.3. The lowest BCUT2D eigenvalue weighted by Gasteiger charge is -2.01. The van der Waals surface area contributed by atoms with E-state index in [2.05, 4.69) is 15.3 Å². The summed E-state index contributed by atoms with van der Waals surface area (Å²) in [7, 11) is 0. The average molecular weight is 258 g/mol. The first-order chi connectivity index (χ1) is 8.38. The van der Waals surface area contributed by atoms with Crippen LogP contribution in [0.2, 0.25) is 0 Å². The Morgan fingerprint density at radius 3 is 2.39 bits per heavy atom. The average Bonchev–Trinajstić information content (AvgIpc) is 2.78. The fourth-order valence-corrected chi connectivity index (χ4v) is 1.16. The Labute approximate surface area is 97.7 Å². The first kappa shape index (κ1) is 12.0. The second kappa shape index (κ2) is 4.09. The van der Waals surface area contributed by atoms with E-state index in [0.717, 1.165) is 23.0 Å². The fraction of sp³-hybridized carbons (Fsp3) is 0.111. The minimum Gasteiger partial charge on any atom is -0.476 e. The molecule has 0 saturated heterocycles. The molecule has 0 spiro atoms. The second-order valence-corrected chi connectivity index (χ2v) is 3.23. The zero-order chi connectivity index (χ0) is 13.3. The number of alkyl halides is 3. The van der Waals surface area contributed by atoms with Crippen molar-refractivity contribution >= 4 is 5.97 Å². The molecule has 0 bridgehead atoms. The van der Waals surface area contributed by atoms with Gasteiger partial charge in [-0.25, -0.2) is 9.48 Å². The Kier molecular flexibility index (Phi) is 2.73. The van der Waals surface area contributed by atoms with Crippen LogP contribution in [0.4, 0.5) is 13.2 Å². The molecule has 2 rings (SSSR count). The van der Waals surface area contributed by atoms with Crippen molar-refractivity contribution in [2.24, 2.45) is 0 Å². The van der Waals surface area contributed by atoms with Crippen LogP contribution in [0.25, 0.3) is 5.82 Å². The van der Waals surface area contributed by atoms with Crippen LogP contribution in [-0.2, 0) is 6.18 Å². The van der Waals surface area contributed by atoms with Gasteiger partial charge in [-0.3, -0.25) is 0 Å². The highest BCUT2D eigenvalue weighted by atomic mass is 19.4. The Morgan fingerprint density at radius 2 is 1.94 bits per heavy atom. The predicted molar refractivity (Wildman–Crippen MR) is 51.1 cm³/mol. The van der Waals surface area contributed by atoms with Gasteiger partial charge in [-0.05, 0) is 18.2 Å². The van der Waals surface area contributed by atoms with Gasteiger partial charge in [0, 0.05) is 6.20 Å². The van der Waals surface area contributed by atoms with Crippen LogP contribution < -0.4 is 0 Å². The number of carboxylic acids is 1. The molecule has 0 fully saturated rings. The van der Waals surface area contributed by atoms with Crippen molar-refractivity contribution in [1.82, 2.24) is 20.0 Å². The molecule has 0 aliphatic rings. The molecule has 0 aliphatic carbocycles. The van der Waals surface area contributed by atoms with Crippen LogP contribution in [-0.4, -0.2) is 31.1 Å². The third kappa shape index (κ3) is 2.29. The summed E-state index contributed by atoms with van der Waals surface area (Å²) in [5, 5.41) is 18.7. The van der Waals surface area contributed by atoms with Gasteiger partial charge in [0.2, 0.25) is 0 Å². The molecule has 2 aromatic rings. The molecule has 2 heterocycles. The van der Waals surface area contributed by atoms with Crippen molar-refractivity contribution < 1.29 is 23.1 Å². The zero-order valence-corrected chi connectivity index (χ0v) is 8.59. The number of halogens is 3. The summed E-state index contributed by atoms with van der Waals surface area (Å²) in [6.07, 6.45) is -3.48. The minimum atomic E-state index is -4.54. The number of aromatic carboxylic acids is 1. The van der Waals surface area contributed by atoms with E-state index >= 15 is 0 Å². The topological polar surface area (TPSA) is 80.9 Å². The SMILES string of the molecule is O=C(O)c1ccc(-n2ccc(C(F)(F)F)n2)nn1. The first-order valence-corrected chi connectivity index (χ1v) is 4.58. The third-order valence-electron chi connectivity index (χ3n) is 1.98. The largest absolute Gasteiger partial charge is 0.476 e. The van der Waals surface area contributed by atoms with Gasteiger partial charge in [0.25, 0.3) is 0 Å². The van der Waals surface area contributed by atoms with Gasteiger partial charge in [0.15, 0.2) is 17.2 Å². The number of aromatic nitrogens is 4. The van der Waals surface area contributed by atoms with Gasteiger partial charge >= 0.3 is 12.1 Å². The van der Waals surface area contributed by atoms with Crippen LogP contribution >= 0.6 is 0 Å². The zero-order valence-electron chi connectivity index (χ0n) is 8.59. The molecule has 2 aromatic heterocycles. The van der Waals surface area contributed by atoms with Crippen molar-refractivity contribution in [3.8, 4) is 5.82 Å². The Morgan fingerprint density at radius 1 is 1.22 bits per heavy atom. The summed E-state index contributed by atoms with van der Waals surface area (Å²) < 4.78 is 37.8. The van der Waals surface area contributed by atoms with Gasteiger partial charge in [0.1, 0.15) is 0 Å². The lowest BCUT2D eigenvalue weighted by Crippen LogP contribution is -2.09. The van der Waals surface area contributed by atoms with E-state index in [4.69, 9.17) is 5.11 Å². The summed E-state index contributed by atoms with van der Waals surface area (Å²) in [6, 6.07) is 3.12. The number of hydrogen-bond acceptors (Lipinski definition) is 4. The van der Waals surface area contributed by atoms with Gasteiger partial charge in [-0.2, -0.15) is 18.3 Å². The highest BCUT2D eigenvalue weighted by molar-refractivity contribution is 5.85. The Balaban J connectivity index is 2.32. The summed E-state index contributed by atoms with van der Waals surface area (Å²) in [5.74, 6) is -1.28. The standard InChI is InChI=1S/C9H5F3N4O2/c10-9(11,12)6-3-4-16(15-6)7-2-1-5(8(17)18)13-14-7/h1-4H,(H,17,18). The number of carbonyl (C=O) groups is 1. The Hall–Kier alpha value is -2.45. The van der Waals surface area contributed by atoms with E-state index in [-0.39, 0.29) is 11.5 Å². The number of nitrogens with zero attached hydrogens (tertiary/aromatic N) is 4. The maximum absolute atomic E-state index is 12.3. The predicted octanol–water partition coefficient (Wildman–Crippen LogP) is 1.38. The number of rotatable bonds is 2. The molecular formula is C9H5F3N4O2. The molecule has 1 N–H and O–H groups in total. The highest BCUT2D eigenvalue weighted by Gasteiger charge is 2.33. The highest BCUT2D eigenvalue weighted by Crippen LogP contribution is 2.27. The number of carboxylic acid groups (broad SMARTS) is 1. The van der Waals surface area contributed by atoms with Crippen molar-refractivity contribution in [3.63, 3.8) is 0 Å². The lowest BCUT2D eigenvalue weighted by atomic mass is 10.4. The van der Waals surface area contributed by atoms with Gasteiger partial charge in [-0.1, -0.05) is 0 Å². The van der Waals surface area contributed by atoms with Crippen molar-refractivity contribution in [2.45, 2.75) is 6.18 Å². The summed E-state index contributed by atoms with van der Waals surface area (Å²) in [5.41, 5.74) is -1.37. The molecule has 0 saturated carbocycles. The molecule has 18 heavy (non-hydrogen) atoms. The molecule has 0 aromatic carbocycles. The molecule has 6 nitrogen and oxygen atoms in total. The van der Waals surface area contributed by atoms with Crippen LogP contribution in [0, 0.1) is 0 Å². The molecular weight excluding hydrogens is 253 g/mol. The van der Waals surface area contributed by atoms with Crippen molar-refractivity contribution in [1.29, 1.82) is 0 Å². The molecule has 0 aliphatic heterocycles. The van der Waals surface area contributed by atoms with E-state index in [9.17, 15) is 18.0 Å². The fourth-order valence-electron chi connectivity index (χ4n) is 1.16. The molecule has 0 unspecified atom stereocenters. The minimum absolute atomic E-state index is 0.00417. The smallest absolute Gasteiger partial charge is 0.435 e. The summed E-state index contributed by atoms with van der Waals surface area (Å²) >= 11 is 0. The van der Waals surface area contributed by atoms with Gasteiger partial charge in [-0.15, -0.1) is 10.2 Å². The Bertz CT molecular complexity index is 576. The molecule has 0 radical (unpaired) electrons. The third-order valence-corrected chi connectivity index (χ3v) is 1.98. The second-order valence-electron chi connectivity index (χ2n) is 3.23. The van der Waals surface area contributed by atoms with Crippen LogP contribution in [0.1, 0.15) is 16.2 Å². The molecule has 94 valence electrons. The quantitative estimate of drug-likeness (QED) is 0.880. The van der Waals surface area contributed by atoms with E-state index in [0.29, 0.717) is 0 Å². The van der Waals surface area contributed by atoms with Gasteiger partial charge < -0.3 is 5.11 Å². The van der Waals surface area contributed by atoms with Crippen LogP contribution in [0.3, 0.4) is 0 Å². The van der Waals surface area contributed by atoms with Gasteiger partial charge in [0.05, 0.1) is 0 Å². The molecule has 0 amide bonds. The van der Waals surface area contributed by atoms with E-state index in [1.165, 1.54) is 6.07 Å². The van der Waals surface area contributed by atoms with Crippen molar-refractivity contribution in [2.75, 3.05) is 0 Å². The van der Waals surface area contributed by atoms with Crippen LogP contribution in [0.15, 0.2) is 24.4 Å². The van der Waals surface area contributed by atoms with Crippen molar-refractivity contribution in [3.05, 3.63) is 35.8 Å². The van der Waals surface area contributed by atoms with Crippen LogP contribution in [0.5, 0.6) is 0 Å². The summed E-state index contributed by atoms with van der Waals surface area (Å²) in [6.45, 7) is 0. The van der Waals surface area contributed by atoms with E-state index in [1.54, 1.807) is 0 Å². The monoisotopic (exact) mass is 258 g/mol. The van der Waals surface area contributed by atoms with E-state index in [1.807, 2.05) is 0 Å². The first-order valence-electron chi connectivity index (χ1n) is 4.58. The molecule has 0 atom stereocenters. The molecule has 9 heteroatoms. The van der Waals surface area contributed by atoms with E-state index < -0.39 is 17.8 Å². The lowest BCUT2D eigenvalue weighted by molar-refractivity contribution is -0.141. The maximum Gasteiger partial charge on any atom is 0.435 e. The summed E-state index contributed by atoms with van der Waals surface area (Å²) in [4.78, 5) is 10.5. The number of hydrogen-bond donors (Lipinski definition) is 1.